The third-order valence-electron chi connectivity index (χ3n) is 4.55. The van der Waals surface area contributed by atoms with Gasteiger partial charge in [-0.25, -0.2) is 4.98 Å². The Morgan fingerprint density at radius 3 is 2.95 bits per heavy atom. The molecule has 2 N–H and O–H groups in total. The maximum atomic E-state index is 6.65. The number of hydrogen-bond donors (Lipinski definition) is 1. The summed E-state index contributed by atoms with van der Waals surface area (Å²) in [7, 11) is 2.06. The van der Waals surface area contributed by atoms with Gasteiger partial charge in [0.05, 0.1) is 0 Å². The molecule has 108 valence electrons. The van der Waals surface area contributed by atoms with Crippen LogP contribution in [0.5, 0.6) is 0 Å². The Balaban J connectivity index is 1.89. The second kappa shape index (κ2) is 6.08. The highest BCUT2D eigenvalue weighted by atomic mass is 15.0. The Labute approximate surface area is 117 Å². The topological polar surface area (TPSA) is 43.8 Å². The second-order valence-electron chi connectivity index (χ2n) is 6.91. The van der Waals surface area contributed by atoms with Gasteiger partial charge in [-0.3, -0.25) is 0 Å². The second-order valence-corrected chi connectivity index (χ2v) is 6.91. The van der Waals surface area contributed by atoms with Crippen LogP contribution in [0.25, 0.3) is 0 Å². The molecule has 3 nitrogen and oxygen atoms in total. The third-order valence-corrected chi connectivity index (χ3v) is 4.55. The van der Waals surface area contributed by atoms with E-state index in [1.54, 1.807) is 0 Å². The Hall–Kier alpha value is -0.830. The van der Waals surface area contributed by atoms with Gasteiger partial charge in [0.1, 0.15) is 5.82 Å². The standard InChI is InChI=1S/C16H29N3/c1-13(2)11-14-5-4-7-16(17,12-14)8-6-15-18-9-10-19(15)3/h9-10,13-14H,4-8,11-12,17H2,1-3H3. The zero-order valence-corrected chi connectivity index (χ0v) is 12.7. The summed E-state index contributed by atoms with van der Waals surface area (Å²) in [5.74, 6) is 2.79. The lowest BCUT2D eigenvalue weighted by Crippen LogP contribution is -2.45. The van der Waals surface area contributed by atoms with Crippen molar-refractivity contribution in [2.24, 2.45) is 24.6 Å². The van der Waals surface area contributed by atoms with Gasteiger partial charge in [0.2, 0.25) is 0 Å². The molecule has 0 radical (unpaired) electrons. The Kier molecular flexibility index (Phi) is 4.67. The van der Waals surface area contributed by atoms with E-state index < -0.39 is 0 Å². The van der Waals surface area contributed by atoms with Crippen molar-refractivity contribution >= 4 is 0 Å². The fraction of sp³-hybridized carbons (Fsp3) is 0.812. The van der Waals surface area contributed by atoms with E-state index in [1.807, 2.05) is 12.4 Å². The Bertz CT molecular complexity index is 396. The lowest BCUT2D eigenvalue weighted by Gasteiger charge is -2.38. The van der Waals surface area contributed by atoms with Crippen LogP contribution in [0, 0.1) is 11.8 Å². The molecular formula is C16H29N3. The highest BCUT2D eigenvalue weighted by Gasteiger charge is 2.32. The molecule has 2 rings (SSSR count). The number of rotatable bonds is 5. The van der Waals surface area contributed by atoms with E-state index in [-0.39, 0.29) is 5.54 Å². The van der Waals surface area contributed by atoms with Gasteiger partial charge in [-0.15, -0.1) is 0 Å². The van der Waals surface area contributed by atoms with Crippen LogP contribution >= 0.6 is 0 Å². The molecule has 0 aromatic carbocycles. The number of nitrogens with zero attached hydrogens (tertiary/aromatic N) is 2. The molecule has 2 atom stereocenters. The molecule has 1 aromatic heterocycles. The summed E-state index contributed by atoms with van der Waals surface area (Å²) in [6.45, 7) is 4.64. The van der Waals surface area contributed by atoms with Gasteiger partial charge in [0, 0.05) is 31.4 Å². The van der Waals surface area contributed by atoms with Crippen molar-refractivity contribution < 1.29 is 0 Å². The van der Waals surface area contributed by atoms with Crippen LogP contribution in [-0.4, -0.2) is 15.1 Å². The maximum Gasteiger partial charge on any atom is 0.108 e. The first-order chi connectivity index (χ1) is 8.98. The predicted molar refractivity (Wildman–Crippen MR) is 79.9 cm³/mol. The maximum absolute atomic E-state index is 6.65. The summed E-state index contributed by atoms with van der Waals surface area (Å²) in [5, 5.41) is 0. The summed E-state index contributed by atoms with van der Waals surface area (Å²) < 4.78 is 2.11. The monoisotopic (exact) mass is 263 g/mol. The van der Waals surface area contributed by atoms with Crippen molar-refractivity contribution in [3.63, 3.8) is 0 Å². The molecule has 1 aliphatic carbocycles. The summed E-state index contributed by atoms with van der Waals surface area (Å²) in [6.07, 6.45) is 12.4. The number of aryl methyl sites for hydroxylation is 2. The van der Waals surface area contributed by atoms with Gasteiger partial charge < -0.3 is 10.3 Å². The molecular weight excluding hydrogens is 234 g/mol. The van der Waals surface area contributed by atoms with Crippen LogP contribution in [0.1, 0.15) is 58.2 Å². The minimum absolute atomic E-state index is 0.0454. The summed E-state index contributed by atoms with van der Waals surface area (Å²) in [6, 6.07) is 0. The Morgan fingerprint density at radius 1 is 1.53 bits per heavy atom. The van der Waals surface area contributed by atoms with Crippen LogP contribution in [-0.2, 0) is 13.5 Å². The van der Waals surface area contributed by atoms with E-state index in [1.165, 1.54) is 32.1 Å². The number of aromatic nitrogens is 2. The lowest BCUT2D eigenvalue weighted by molar-refractivity contribution is 0.191. The summed E-state index contributed by atoms with van der Waals surface area (Å²) in [5.41, 5.74) is 6.70. The van der Waals surface area contributed by atoms with Gasteiger partial charge in [0.25, 0.3) is 0 Å². The molecule has 1 aromatic rings. The number of imidazole rings is 1. The average molecular weight is 263 g/mol. The molecule has 2 unspecified atom stereocenters. The first kappa shape index (κ1) is 14.6. The van der Waals surface area contributed by atoms with Crippen molar-refractivity contribution in [2.45, 2.75) is 64.3 Å². The zero-order valence-electron chi connectivity index (χ0n) is 12.7. The SMILES string of the molecule is CC(C)CC1CCCC(N)(CCc2nccn2C)C1. The first-order valence-corrected chi connectivity index (χ1v) is 7.73. The molecule has 0 spiro atoms. The first-order valence-electron chi connectivity index (χ1n) is 7.73. The molecule has 0 saturated heterocycles. The van der Waals surface area contributed by atoms with Gasteiger partial charge in [-0.2, -0.15) is 0 Å². The van der Waals surface area contributed by atoms with Crippen molar-refractivity contribution in [3.8, 4) is 0 Å². The van der Waals surface area contributed by atoms with Crippen molar-refractivity contribution in [2.75, 3.05) is 0 Å². The van der Waals surface area contributed by atoms with E-state index in [2.05, 4.69) is 30.4 Å². The van der Waals surface area contributed by atoms with Gasteiger partial charge in [-0.1, -0.05) is 26.7 Å². The highest BCUT2D eigenvalue weighted by molar-refractivity contribution is 4.97. The smallest absolute Gasteiger partial charge is 0.108 e. The molecule has 0 amide bonds. The minimum Gasteiger partial charge on any atom is -0.338 e. The molecule has 1 fully saturated rings. The van der Waals surface area contributed by atoms with E-state index in [0.29, 0.717) is 0 Å². The van der Waals surface area contributed by atoms with Crippen LogP contribution in [0.4, 0.5) is 0 Å². The zero-order chi connectivity index (χ0) is 13.9. The minimum atomic E-state index is 0.0454. The Morgan fingerprint density at radius 2 is 2.32 bits per heavy atom. The normalized spacial score (nSPS) is 27.9. The highest BCUT2D eigenvalue weighted by Crippen LogP contribution is 2.36. The molecule has 19 heavy (non-hydrogen) atoms. The third kappa shape index (κ3) is 4.07. The van der Waals surface area contributed by atoms with E-state index in [9.17, 15) is 0 Å². The van der Waals surface area contributed by atoms with Crippen molar-refractivity contribution in [1.82, 2.24) is 9.55 Å². The van der Waals surface area contributed by atoms with E-state index >= 15 is 0 Å². The van der Waals surface area contributed by atoms with Gasteiger partial charge >= 0.3 is 0 Å². The number of hydrogen-bond acceptors (Lipinski definition) is 2. The van der Waals surface area contributed by atoms with E-state index in [0.717, 1.165) is 30.5 Å². The quantitative estimate of drug-likeness (QED) is 0.886. The molecule has 1 heterocycles. The van der Waals surface area contributed by atoms with Crippen LogP contribution in [0.2, 0.25) is 0 Å². The molecule has 1 aliphatic rings. The summed E-state index contributed by atoms with van der Waals surface area (Å²) >= 11 is 0. The molecule has 0 bridgehead atoms. The average Bonchev–Trinajstić information content (AvgIpc) is 2.72. The molecule has 3 heteroatoms. The fourth-order valence-electron chi connectivity index (χ4n) is 3.61. The predicted octanol–water partition coefficient (Wildman–Crippen LogP) is 3.29. The van der Waals surface area contributed by atoms with Crippen molar-refractivity contribution in [3.05, 3.63) is 18.2 Å². The van der Waals surface area contributed by atoms with Crippen LogP contribution in [0.15, 0.2) is 12.4 Å². The van der Waals surface area contributed by atoms with Gasteiger partial charge in [0.15, 0.2) is 0 Å². The molecule has 1 saturated carbocycles. The fourth-order valence-corrected chi connectivity index (χ4v) is 3.61. The summed E-state index contributed by atoms with van der Waals surface area (Å²) in [4.78, 5) is 4.41. The van der Waals surface area contributed by atoms with E-state index in [4.69, 9.17) is 5.73 Å². The van der Waals surface area contributed by atoms with Crippen LogP contribution < -0.4 is 5.73 Å². The van der Waals surface area contributed by atoms with Crippen molar-refractivity contribution in [1.29, 1.82) is 0 Å². The largest absolute Gasteiger partial charge is 0.338 e. The van der Waals surface area contributed by atoms with Gasteiger partial charge in [-0.05, 0) is 37.5 Å². The lowest BCUT2D eigenvalue weighted by atomic mass is 9.72. The number of nitrogens with two attached hydrogens (primary N) is 1. The van der Waals surface area contributed by atoms with Crippen LogP contribution in [0.3, 0.4) is 0 Å². The molecule has 0 aliphatic heterocycles.